The Morgan fingerprint density at radius 2 is 1.69 bits per heavy atom. The van der Waals surface area contributed by atoms with Crippen LogP contribution in [0.25, 0.3) is 22.2 Å². The highest BCUT2D eigenvalue weighted by Crippen LogP contribution is 2.37. The number of aryl methyl sites for hydroxylation is 2. The summed E-state index contributed by atoms with van der Waals surface area (Å²) < 4.78 is 0. The predicted molar refractivity (Wildman–Crippen MR) is 123 cm³/mol. The molecule has 3 aromatic carbocycles. The number of amides is 1. The van der Waals surface area contributed by atoms with Gasteiger partial charge in [-0.2, -0.15) is 0 Å². The highest BCUT2D eigenvalue weighted by molar-refractivity contribution is 7.99. The summed E-state index contributed by atoms with van der Waals surface area (Å²) in [5.74, 6) is 0.786. The summed E-state index contributed by atoms with van der Waals surface area (Å²) in [6.45, 7) is 4.70. The van der Waals surface area contributed by atoms with Crippen molar-refractivity contribution in [2.45, 2.75) is 18.7 Å². The van der Waals surface area contributed by atoms with Gasteiger partial charge in [-0.05, 0) is 48.7 Å². The van der Waals surface area contributed by atoms with Crippen molar-refractivity contribution in [3.05, 3.63) is 89.5 Å². The van der Waals surface area contributed by atoms with Gasteiger partial charge in [-0.15, -0.1) is 11.8 Å². The van der Waals surface area contributed by atoms with Gasteiger partial charge in [-0.1, -0.05) is 54.6 Å². The minimum absolute atomic E-state index is 0.0177. The Balaban J connectivity index is 1.47. The number of aromatic nitrogens is 1. The number of H-pyrrole nitrogens is 1. The van der Waals surface area contributed by atoms with E-state index in [-0.39, 0.29) is 5.91 Å². The Morgan fingerprint density at radius 3 is 2.48 bits per heavy atom. The normalized spacial score (nSPS) is 11.0. The number of fused-ring (bicyclic) bond motifs is 1. The van der Waals surface area contributed by atoms with Crippen LogP contribution >= 0.6 is 11.8 Å². The lowest BCUT2D eigenvalue weighted by atomic mass is 10.1. The number of para-hydroxylation sites is 1. The minimum atomic E-state index is -0.0177. The van der Waals surface area contributed by atoms with Crippen LogP contribution in [-0.2, 0) is 0 Å². The average molecular weight is 401 g/mol. The Kier molecular flexibility index (Phi) is 5.72. The number of nitrogens with one attached hydrogen (secondary N) is 2. The van der Waals surface area contributed by atoms with Gasteiger partial charge in [-0.25, -0.2) is 0 Å². The van der Waals surface area contributed by atoms with Gasteiger partial charge in [0.05, 0.1) is 5.69 Å². The highest BCUT2D eigenvalue weighted by Gasteiger charge is 2.13. The molecule has 0 aliphatic carbocycles. The average Bonchev–Trinajstić information content (AvgIpc) is 3.12. The quantitative estimate of drug-likeness (QED) is 0.309. The maximum absolute atomic E-state index is 12.4. The van der Waals surface area contributed by atoms with E-state index >= 15 is 0 Å². The summed E-state index contributed by atoms with van der Waals surface area (Å²) >= 11 is 1.77. The Morgan fingerprint density at radius 1 is 0.931 bits per heavy atom. The van der Waals surface area contributed by atoms with E-state index in [0.29, 0.717) is 6.54 Å². The zero-order valence-electron chi connectivity index (χ0n) is 16.7. The Hall–Kier alpha value is -2.98. The van der Waals surface area contributed by atoms with Gasteiger partial charge >= 0.3 is 0 Å². The van der Waals surface area contributed by atoms with Crippen molar-refractivity contribution in [2.75, 3.05) is 12.3 Å². The third-order valence-electron chi connectivity index (χ3n) is 5.12. The fraction of sp³-hybridized carbons (Fsp3) is 0.160. The SMILES string of the molecule is Cc1ccc(C(=O)NCCSc2c(-c3ccccc3)[nH]c3ccccc23)cc1C. The van der Waals surface area contributed by atoms with E-state index in [0.717, 1.165) is 28.1 Å². The number of carbonyl (C=O) groups is 1. The first-order chi connectivity index (χ1) is 14.1. The van der Waals surface area contributed by atoms with Gasteiger partial charge in [0.25, 0.3) is 5.91 Å². The summed E-state index contributed by atoms with van der Waals surface area (Å²) in [5.41, 5.74) is 6.49. The smallest absolute Gasteiger partial charge is 0.251 e. The summed E-state index contributed by atoms with van der Waals surface area (Å²) in [7, 11) is 0. The molecule has 0 aliphatic heterocycles. The lowest BCUT2D eigenvalue weighted by Crippen LogP contribution is -2.25. The van der Waals surface area contributed by atoms with Gasteiger partial charge in [0, 0.05) is 33.7 Å². The van der Waals surface area contributed by atoms with Gasteiger partial charge < -0.3 is 10.3 Å². The molecule has 4 rings (SSSR count). The highest BCUT2D eigenvalue weighted by atomic mass is 32.2. The molecule has 0 unspecified atom stereocenters. The van der Waals surface area contributed by atoms with Crippen molar-refractivity contribution < 1.29 is 4.79 Å². The molecular weight excluding hydrogens is 376 g/mol. The molecule has 0 bridgehead atoms. The lowest BCUT2D eigenvalue weighted by Gasteiger charge is -2.08. The van der Waals surface area contributed by atoms with Crippen LogP contribution in [-0.4, -0.2) is 23.2 Å². The third-order valence-corrected chi connectivity index (χ3v) is 6.24. The summed E-state index contributed by atoms with van der Waals surface area (Å²) in [6.07, 6.45) is 0. The van der Waals surface area contributed by atoms with Crippen LogP contribution in [0.4, 0.5) is 0 Å². The van der Waals surface area contributed by atoms with E-state index in [1.165, 1.54) is 21.4 Å². The van der Waals surface area contributed by atoms with Crippen LogP contribution in [0.3, 0.4) is 0 Å². The summed E-state index contributed by atoms with van der Waals surface area (Å²) in [5, 5.41) is 4.26. The number of aromatic amines is 1. The van der Waals surface area contributed by atoms with Crippen molar-refractivity contribution in [3.8, 4) is 11.3 Å². The molecule has 0 saturated heterocycles. The largest absolute Gasteiger partial charge is 0.354 e. The van der Waals surface area contributed by atoms with Crippen LogP contribution in [0, 0.1) is 13.8 Å². The van der Waals surface area contributed by atoms with Crippen molar-refractivity contribution in [3.63, 3.8) is 0 Å². The van der Waals surface area contributed by atoms with Crippen molar-refractivity contribution >= 4 is 28.6 Å². The maximum atomic E-state index is 12.4. The van der Waals surface area contributed by atoms with Crippen molar-refractivity contribution in [2.24, 2.45) is 0 Å². The molecule has 0 fully saturated rings. The zero-order chi connectivity index (χ0) is 20.2. The molecule has 0 spiro atoms. The third kappa shape index (κ3) is 4.22. The number of rotatable bonds is 6. The van der Waals surface area contributed by atoms with Crippen LogP contribution in [0.2, 0.25) is 0 Å². The molecule has 0 radical (unpaired) electrons. The Labute approximate surface area is 175 Å². The molecule has 146 valence electrons. The maximum Gasteiger partial charge on any atom is 0.251 e. The Bertz CT molecular complexity index is 1150. The van der Waals surface area contributed by atoms with E-state index in [1.807, 2.05) is 37.3 Å². The standard InChI is InChI=1S/C25H24N2OS/c1-17-12-13-20(16-18(17)2)25(28)26-14-15-29-24-21-10-6-7-11-22(21)27-23(24)19-8-4-3-5-9-19/h3-13,16,27H,14-15H2,1-2H3,(H,26,28). The molecule has 2 N–H and O–H groups in total. The molecule has 4 heteroatoms. The molecule has 4 aromatic rings. The van der Waals surface area contributed by atoms with Gasteiger partial charge in [0.15, 0.2) is 0 Å². The topological polar surface area (TPSA) is 44.9 Å². The molecule has 1 amide bonds. The first-order valence-electron chi connectivity index (χ1n) is 9.78. The molecule has 0 saturated carbocycles. The predicted octanol–water partition coefficient (Wildman–Crippen LogP) is 5.97. The molecule has 0 atom stereocenters. The van der Waals surface area contributed by atoms with Gasteiger partial charge in [-0.3, -0.25) is 4.79 Å². The molecule has 0 aliphatic rings. The number of carbonyl (C=O) groups excluding carboxylic acids is 1. The second kappa shape index (κ2) is 8.58. The number of benzene rings is 3. The van der Waals surface area contributed by atoms with Crippen LogP contribution in [0.1, 0.15) is 21.5 Å². The van der Waals surface area contributed by atoms with E-state index in [2.05, 4.69) is 59.7 Å². The fourth-order valence-electron chi connectivity index (χ4n) is 3.38. The van der Waals surface area contributed by atoms with Crippen LogP contribution in [0.5, 0.6) is 0 Å². The summed E-state index contributed by atoms with van der Waals surface area (Å²) in [6, 6.07) is 24.6. The van der Waals surface area contributed by atoms with E-state index < -0.39 is 0 Å². The van der Waals surface area contributed by atoms with Gasteiger partial charge in [0.1, 0.15) is 0 Å². The van der Waals surface area contributed by atoms with Crippen molar-refractivity contribution in [1.82, 2.24) is 10.3 Å². The molecule has 1 aromatic heterocycles. The van der Waals surface area contributed by atoms with Crippen LogP contribution < -0.4 is 5.32 Å². The monoisotopic (exact) mass is 400 g/mol. The first kappa shape index (κ1) is 19.3. The first-order valence-corrected chi connectivity index (χ1v) is 10.8. The number of hydrogen-bond acceptors (Lipinski definition) is 2. The molecule has 1 heterocycles. The number of thioether (sulfide) groups is 1. The number of hydrogen-bond donors (Lipinski definition) is 2. The minimum Gasteiger partial charge on any atom is -0.354 e. The van der Waals surface area contributed by atoms with E-state index in [4.69, 9.17) is 0 Å². The van der Waals surface area contributed by atoms with E-state index in [1.54, 1.807) is 11.8 Å². The fourth-order valence-corrected chi connectivity index (χ4v) is 4.43. The summed E-state index contributed by atoms with van der Waals surface area (Å²) in [4.78, 5) is 17.2. The second-order valence-electron chi connectivity index (χ2n) is 7.14. The van der Waals surface area contributed by atoms with Crippen molar-refractivity contribution in [1.29, 1.82) is 0 Å². The van der Waals surface area contributed by atoms with Gasteiger partial charge in [0.2, 0.25) is 0 Å². The lowest BCUT2D eigenvalue weighted by molar-refractivity contribution is 0.0956. The second-order valence-corrected chi connectivity index (χ2v) is 8.25. The molecular formula is C25H24N2OS. The molecule has 3 nitrogen and oxygen atoms in total. The van der Waals surface area contributed by atoms with E-state index in [9.17, 15) is 4.79 Å². The van der Waals surface area contributed by atoms with Crippen LogP contribution in [0.15, 0.2) is 77.7 Å². The zero-order valence-corrected chi connectivity index (χ0v) is 17.5. The molecule has 29 heavy (non-hydrogen) atoms.